The van der Waals surface area contributed by atoms with Crippen LogP contribution in [0.1, 0.15) is 36.9 Å². The fraction of sp³-hybridized carbons (Fsp3) is 0.476. The molecule has 2 aliphatic rings. The minimum absolute atomic E-state index is 0.102. The minimum atomic E-state index is -0.256. The molecule has 0 radical (unpaired) electrons. The Morgan fingerprint density at radius 1 is 1.21 bits per heavy atom. The first-order valence-corrected chi connectivity index (χ1v) is 11.2. The van der Waals surface area contributed by atoms with E-state index in [1.807, 2.05) is 23.1 Å². The molecule has 2 aromatic rings. The van der Waals surface area contributed by atoms with Crippen molar-refractivity contribution < 1.29 is 9.59 Å². The number of primary amides is 1. The number of benzene rings is 1. The Hall–Kier alpha value is -1.79. The van der Waals surface area contributed by atoms with Crippen LogP contribution < -0.4 is 5.73 Å². The maximum absolute atomic E-state index is 12.8. The summed E-state index contributed by atoms with van der Waals surface area (Å²) in [5.41, 5.74) is 8.79. The number of carbonyl (C=O) groups is 2. The molecule has 28 heavy (non-hydrogen) atoms. The molecule has 4 rings (SSSR count). The predicted octanol–water partition coefficient (Wildman–Crippen LogP) is 3.58. The van der Waals surface area contributed by atoms with E-state index < -0.39 is 0 Å². The topological polar surface area (TPSA) is 76.3 Å². The lowest BCUT2D eigenvalue weighted by molar-refractivity contribution is -0.132. The van der Waals surface area contributed by atoms with Gasteiger partial charge >= 0.3 is 0 Å². The Balaban J connectivity index is 1.53. The average molecular weight is 418 g/mol. The molecule has 2 amide bonds. The molecule has 0 unspecified atom stereocenters. The van der Waals surface area contributed by atoms with E-state index in [9.17, 15) is 9.59 Å². The second-order valence-corrected chi connectivity index (χ2v) is 9.00. The van der Waals surface area contributed by atoms with Gasteiger partial charge in [-0.15, -0.1) is 11.8 Å². The Bertz CT molecular complexity index is 925. The van der Waals surface area contributed by atoms with Crippen LogP contribution in [0.5, 0.6) is 0 Å². The van der Waals surface area contributed by atoms with Crippen LogP contribution in [-0.4, -0.2) is 40.5 Å². The maximum atomic E-state index is 12.8. The highest BCUT2D eigenvalue weighted by Crippen LogP contribution is 2.37. The zero-order valence-corrected chi connectivity index (χ0v) is 17.3. The number of hydrogen-bond acceptors (Lipinski definition) is 4. The molecule has 0 saturated carbocycles. The van der Waals surface area contributed by atoms with Crippen LogP contribution in [-0.2, 0) is 22.4 Å². The quantitative estimate of drug-likeness (QED) is 0.771. The fourth-order valence-electron chi connectivity index (χ4n) is 4.16. The molecule has 0 bridgehead atoms. The van der Waals surface area contributed by atoms with Crippen LogP contribution in [0.15, 0.2) is 23.1 Å². The van der Waals surface area contributed by atoms with Gasteiger partial charge in [0.25, 0.3) is 0 Å². The molecule has 148 valence electrons. The van der Waals surface area contributed by atoms with E-state index in [1.165, 1.54) is 11.3 Å². The summed E-state index contributed by atoms with van der Waals surface area (Å²) in [7, 11) is 0. The Kier molecular flexibility index (Phi) is 5.78. The van der Waals surface area contributed by atoms with Crippen molar-refractivity contribution in [2.45, 2.75) is 43.4 Å². The summed E-state index contributed by atoms with van der Waals surface area (Å²) in [6.07, 6.45) is 5.64. The van der Waals surface area contributed by atoms with Crippen LogP contribution >= 0.6 is 23.4 Å². The molecule has 0 atom stereocenters. The molecule has 1 fully saturated rings. The van der Waals surface area contributed by atoms with E-state index in [-0.39, 0.29) is 17.7 Å². The molecule has 1 aromatic carbocycles. The summed E-state index contributed by atoms with van der Waals surface area (Å²) in [5, 5.41) is 1.73. The lowest BCUT2D eigenvalue weighted by Gasteiger charge is -2.30. The number of likely N-dealkylation sites (tertiary alicyclic amines) is 1. The van der Waals surface area contributed by atoms with Crippen molar-refractivity contribution >= 4 is 46.1 Å². The van der Waals surface area contributed by atoms with E-state index >= 15 is 0 Å². The van der Waals surface area contributed by atoms with Crippen molar-refractivity contribution in [1.29, 1.82) is 0 Å². The highest BCUT2D eigenvalue weighted by Gasteiger charge is 2.26. The lowest BCUT2D eigenvalue weighted by Crippen LogP contribution is -2.42. The van der Waals surface area contributed by atoms with Crippen molar-refractivity contribution in [1.82, 2.24) is 9.88 Å². The average Bonchev–Trinajstić information content (AvgIpc) is 2.71. The number of nitrogens with zero attached hydrogens (tertiary/aromatic N) is 2. The third kappa shape index (κ3) is 3.98. The number of carbonyl (C=O) groups excluding carboxylic acids is 2. The number of fused-ring (bicyclic) bond motifs is 2. The van der Waals surface area contributed by atoms with E-state index in [0.717, 1.165) is 41.5 Å². The van der Waals surface area contributed by atoms with Gasteiger partial charge in [-0.25, -0.2) is 0 Å². The molecule has 1 aliphatic carbocycles. The molecule has 7 heteroatoms. The smallest absolute Gasteiger partial charge is 0.232 e. The molecular formula is C21H24ClN3O2S. The van der Waals surface area contributed by atoms with Crippen molar-refractivity contribution in [2.24, 2.45) is 11.7 Å². The maximum Gasteiger partial charge on any atom is 0.232 e. The number of aryl methyl sites for hydroxylation is 1. The van der Waals surface area contributed by atoms with Gasteiger partial charge in [0.1, 0.15) is 0 Å². The van der Waals surface area contributed by atoms with Crippen molar-refractivity contribution in [3.63, 3.8) is 0 Å². The lowest BCUT2D eigenvalue weighted by atomic mass is 9.94. The van der Waals surface area contributed by atoms with Gasteiger partial charge in [-0.05, 0) is 62.3 Å². The first-order chi connectivity index (χ1) is 13.5. The van der Waals surface area contributed by atoms with E-state index in [1.54, 1.807) is 11.8 Å². The molecule has 2 N–H and O–H groups in total. The number of halogens is 1. The monoisotopic (exact) mass is 417 g/mol. The molecule has 0 spiro atoms. The van der Waals surface area contributed by atoms with Gasteiger partial charge in [0.2, 0.25) is 11.8 Å². The minimum Gasteiger partial charge on any atom is -0.369 e. The van der Waals surface area contributed by atoms with Crippen LogP contribution in [0.25, 0.3) is 10.9 Å². The highest BCUT2D eigenvalue weighted by atomic mass is 35.5. The molecule has 5 nitrogen and oxygen atoms in total. The van der Waals surface area contributed by atoms with E-state index in [0.29, 0.717) is 36.7 Å². The van der Waals surface area contributed by atoms with Crippen LogP contribution in [0, 0.1) is 5.92 Å². The molecule has 2 heterocycles. The SMILES string of the molecule is NC(=O)C1CCN(C(=O)CSc2c3c(nc4ccc(Cl)cc24)CCCC3)CC1. The number of amides is 2. The summed E-state index contributed by atoms with van der Waals surface area (Å²) < 4.78 is 0. The normalized spacial score (nSPS) is 17.5. The van der Waals surface area contributed by atoms with Gasteiger partial charge in [0.15, 0.2) is 0 Å². The first kappa shape index (κ1) is 19.5. The van der Waals surface area contributed by atoms with Crippen molar-refractivity contribution in [3.05, 3.63) is 34.5 Å². The zero-order chi connectivity index (χ0) is 19.7. The van der Waals surface area contributed by atoms with Crippen LogP contribution in [0.3, 0.4) is 0 Å². The standard InChI is InChI=1S/C21H24ClN3O2S/c22-14-5-6-18-16(11-14)20(15-3-1-2-4-17(15)24-18)28-12-19(26)25-9-7-13(8-10-25)21(23)27/h5-6,11,13H,1-4,7-10,12H2,(H2,23,27). The van der Waals surface area contributed by atoms with Gasteiger partial charge in [0.05, 0.1) is 11.3 Å². The van der Waals surface area contributed by atoms with Gasteiger partial charge in [-0.1, -0.05) is 11.6 Å². The van der Waals surface area contributed by atoms with Gasteiger partial charge in [-0.3, -0.25) is 14.6 Å². The summed E-state index contributed by atoms with van der Waals surface area (Å²) in [6, 6.07) is 5.80. The fourth-order valence-corrected chi connectivity index (χ4v) is 5.49. The second-order valence-electron chi connectivity index (χ2n) is 7.58. The van der Waals surface area contributed by atoms with Crippen molar-refractivity contribution in [2.75, 3.05) is 18.8 Å². The predicted molar refractivity (Wildman–Crippen MR) is 113 cm³/mol. The Morgan fingerprint density at radius 2 is 1.96 bits per heavy atom. The number of hydrogen-bond donors (Lipinski definition) is 1. The number of thioether (sulfide) groups is 1. The van der Waals surface area contributed by atoms with E-state index in [4.69, 9.17) is 22.3 Å². The largest absolute Gasteiger partial charge is 0.369 e. The number of aromatic nitrogens is 1. The number of pyridine rings is 1. The number of nitrogens with two attached hydrogens (primary N) is 1. The summed E-state index contributed by atoms with van der Waals surface area (Å²) in [5.74, 6) is 0.145. The Labute approximate surface area is 174 Å². The first-order valence-electron chi connectivity index (χ1n) is 9.84. The number of piperidine rings is 1. The van der Waals surface area contributed by atoms with Crippen LogP contribution in [0.2, 0.25) is 5.02 Å². The highest BCUT2D eigenvalue weighted by molar-refractivity contribution is 8.00. The second kappa shape index (κ2) is 8.29. The molecular weight excluding hydrogens is 394 g/mol. The zero-order valence-electron chi connectivity index (χ0n) is 15.7. The number of rotatable bonds is 4. The third-order valence-corrected chi connectivity index (χ3v) is 7.14. The Morgan fingerprint density at radius 3 is 2.71 bits per heavy atom. The summed E-state index contributed by atoms with van der Waals surface area (Å²) in [6.45, 7) is 1.21. The molecule has 1 aliphatic heterocycles. The van der Waals surface area contributed by atoms with Gasteiger partial charge in [-0.2, -0.15) is 0 Å². The van der Waals surface area contributed by atoms with Gasteiger partial charge < -0.3 is 10.6 Å². The van der Waals surface area contributed by atoms with E-state index in [2.05, 4.69) is 0 Å². The van der Waals surface area contributed by atoms with Gasteiger partial charge in [0, 0.05) is 40.0 Å². The molecule has 1 aromatic heterocycles. The summed E-state index contributed by atoms with van der Waals surface area (Å²) >= 11 is 7.85. The van der Waals surface area contributed by atoms with Crippen molar-refractivity contribution in [3.8, 4) is 0 Å². The third-order valence-electron chi connectivity index (χ3n) is 5.76. The van der Waals surface area contributed by atoms with Crippen LogP contribution in [0.4, 0.5) is 0 Å². The summed E-state index contributed by atoms with van der Waals surface area (Å²) in [4.78, 5) is 32.0. The molecule has 1 saturated heterocycles.